The van der Waals surface area contributed by atoms with Gasteiger partial charge in [0.2, 0.25) is 5.95 Å². The van der Waals surface area contributed by atoms with Crippen molar-refractivity contribution in [2.45, 2.75) is 31.8 Å². The summed E-state index contributed by atoms with van der Waals surface area (Å²) in [7, 11) is 1.83. The maximum Gasteiger partial charge on any atom is 0.225 e. The van der Waals surface area contributed by atoms with Gasteiger partial charge in [-0.2, -0.15) is 4.98 Å². The number of rotatable bonds is 4. The van der Waals surface area contributed by atoms with Crippen LogP contribution in [0.25, 0.3) is 10.2 Å². The number of aromatic nitrogens is 2. The summed E-state index contributed by atoms with van der Waals surface area (Å²) < 4.78 is 0. The van der Waals surface area contributed by atoms with E-state index in [1.807, 2.05) is 12.4 Å². The van der Waals surface area contributed by atoms with Crippen LogP contribution in [-0.2, 0) is 0 Å². The average molecular weight is 292 g/mol. The number of nitrogens with one attached hydrogen (secondary N) is 2. The van der Waals surface area contributed by atoms with Gasteiger partial charge in [0, 0.05) is 13.6 Å². The maximum atomic E-state index is 9.55. The number of hydrogen-bond acceptors (Lipinski definition) is 6. The third-order valence-corrected chi connectivity index (χ3v) is 4.73. The first-order valence-electron chi connectivity index (χ1n) is 7.11. The Morgan fingerprint density at radius 1 is 1.30 bits per heavy atom. The van der Waals surface area contributed by atoms with Crippen molar-refractivity contribution in [3.8, 4) is 0 Å². The molecule has 6 heteroatoms. The lowest BCUT2D eigenvalue weighted by molar-refractivity contribution is 0.111. The summed E-state index contributed by atoms with van der Waals surface area (Å²) in [5, 5.41) is 19.1. The van der Waals surface area contributed by atoms with Crippen molar-refractivity contribution in [3.05, 3.63) is 11.4 Å². The van der Waals surface area contributed by atoms with Crippen LogP contribution >= 0.6 is 11.3 Å². The first kappa shape index (κ1) is 13.6. The Morgan fingerprint density at radius 2 is 2.10 bits per heavy atom. The monoisotopic (exact) mass is 292 g/mol. The van der Waals surface area contributed by atoms with Gasteiger partial charge in [0.1, 0.15) is 10.6 Å². The van der Waals surface area contributed by atoms with Crippen LogP contribution in [0.2, 0.25) is 0 Å². The molecule has 0 bridgehead atoms. The van der Waals surface area contributed by atoms with Gasteiger partial charge in [0.25, 0.3) is 0 Å². The molecule has 3 N–H and O–H groups in total. The van der Waals surface area contributed by atoms with Crippen LogP contribution in [0.4, 0.5) is 11.8 Å². The summed E-state index contributed by atoms with van der Waals surface area (Å²) in [6.07, 6.45) is 3.93. The Morgan fingerprint density at radius 3 is 2.85 bits per heavy atom. The number of nitrogens with zero attached hydrogens (tertiary/aromatic N) is 2. The zero-order valence-corrected chi connectivity index (χ0v) is 12.4. The molecular formula is C14H20N4OS. The number of aliphatic hydroxyl groups is 1. The Bertz CT molecular complexity index is 578. The fourth-order valence-corrected chi connectivity index (χ4v) is 3.46. The molecule has 0 amide bonds. The quantitative estimate of drug-likeness (QED) is 0.808. The molecule has 0 radical (unpaired) electrons. The molecule has 1 aliphatic carbocycles. The van der Waals surface area contributed by atoms with Crippen LogP contribution in [-0.4, -0.2) is 34.8 Å². The number of anilines is 2. The molecule has 0 aromatic carbocycles. The van der Waals surface area contributed by atoms with E-state index >= 15 is 0 Å². The number of thiophene rings is 1. The van der Waals surface area contributed by atoms with E-state index in [1.165, 1.54) is 0 Å². The van der Waals surface area contributed by atoms with Crippen molar-refractivity contribution in [2.24, 2.45) is 5.92 Å². The summed E-state index contributed by atoms with van der Waals surface area (Å²) in [6, 6.07) is 2.06. The van der Waals surface area contributed by atoms with Crippen molar-refractivity contribution < 1.29 is 5.11 Å². The SMILES string of the molecule is CNc1nc(NCC2CCC(O)CC2)c2ccsc2n1. The molecule has 0 spiro atoms. The van der Waals surface area contributed by atoms with Gasteiger partial charge in [-0.3, -0.25) is 0 Å². The van der Waals surface area contributed by atoms with Gasteiger partial charge in [-0.05, 0) is 43.0 Å². The number of aliphatic hydroxyl groups excluding tert-OH is 1. The molecule has 0 unspecified atom stereocenters. The van der Waals surface area contributed by atoms with Crippen LogP contribution in [0.15, 0.2) is 11.4 Å². The highest BCUT2D eigenvalue weighted by atomic mass is 32.1. The molecule has 2 aromatic rings. The number of hydrogen-bond donors (Lipinski definition) is 3. The van der Waals surface area contributed by atoms with E-state index in [0.29, 0.717) is 11.9 Å². The second-order valence-corrected chi connectivity index (χ2v) is 6.24. The molecule has 5 nitrogen and oxygen atoms in total. The average Bonchev–Trinajstić information content (AvgIpc) is 2.94. The molecule has 3 rings (SSSR count). The van der Waals surface area contributed by atoms with E-state index in [9.17, 15) is 5.11 Å². The highest BCUT2D eigenvalue weighted by Crippen LogP contribution is 2.28. The van der Waals surface area contributed by atoms with E-state index in [1.54, 1.807) is 11.3 Å². The lowest BCUT2D eigenvalue weighted by Gasteiger charge is -2.25. The summed E-state index contributed by atoms with van der Waals surface area (Å²) >= 11 is 1.63. The fraction of sp³-hybridized carbons (Fsp3) is 0.571. The molecule has 1 aliphatic rings. The molecule has 0 atom stereocenters. The third kappa shape index (κ3) is 2.86. The van der Waals surface area contributed by atoms with Crippen LogP contribution in [0, 0.1) is 5.92 Å². The van der Waals surface area contributed by atoms with Gasteiger partial charge in [-0.1, -0.05) is 0 Å². The van der Waals surface area contributed by atoms with Crippen LogP contribution < -0.4 is 10.6 Å². The zero-order valence-electron chi connectivity index (χ0n) is 11.6. The number of fused-ring (bicyclic) bond motifs is 1. The fourth-order valence-electron chi connectivity index (χ4n) is 2.69. The van der Waals surface area contributed by atoms with Crippen LogP contribution in [0.1, 0.15) is 25.7 Å². The van der Waals surface area contributed by atoms with Crippen LogP contribution in [0.3, 0.4) is 0 Å². The van der Waals surface area contributed by atoms with E-state index in [0.717, 1.165) is 48.3 Å². The molecule has 0 saturated heterocycles. The highest BCUT2D eigenvalue weighted by molar-refractivity contribution is 7.16. The van der Waals surface area contributed by atoms with E-state index in [4.69, 9.17) is 0 Å². The third-order valence-electron chi connectivity index (χ3n) is 3.92. The van der Waals surface area contributed by atoms with E-state index in [2.05, 4.69) is 26.7 Å². The largest absolute Gasteiger partial charge is 0.393 e. The Kier molecular flexibility index (Phi) is 4.03. The van der Waals surface area contributed by atoms with Crippen molar-refractivity contribution in [2.75, 3.05) is 24.2 Å². The molecule has 2 heterocycles. The topological polar surface area (TPSA) is 70.1 Å². The second kappa shape index (κ2) is 5.93. The van der Waals surface area contributed by atoms with E-state index in [-0.39, 0.29) is 6.10 Å². The first-order chi connectivity index (χ1) is 9.76. The standard InChI is InChI=1S/C14H20N4OS/c1-15-14-17-12(11-6-7-20-13(11)18-14)16-8-9-2-4-10(19)5-3-9/h6-7,9-10,19H,2-5,8H2,1H3,(H2,15,16,17,18). The van der Waals surface area contributed by atoms with E-state index < -0.39 is 0 Å². The van der Waals surface area contributed by atoms with Gasteiger partial charge in [-0.25, -0.2) is 4.98 Å². The van der Waals surface area contributed by atoms with Crippen molar-refractivity contribution in [3.63, 3.8) is 0 Å². The van der Waals surface area contributed by atoms with Crippen molar-refractivity contribution in [1.29, 1.82) is 0 Å². The molecule has 108 valence electrons. The molecule has 20 heavy (non-hydrogen) atoms. The predicted octanol–water partition coefficient (Wildman–Crippen LogP) is 2.70. The Hall–Kier alpha value is -1.40. The summed E-state index contributed by atoms with van der Waals surface area (Å²) in [4.78, 5) is 9.96. The lowest BCUT2D eigenvalue weighted by Crippen LogP contribution is -2.23. The summed E-state index contributed by atoms with van der Waals surface area (Å²) in [5.41, 5.74) is 0. The minimum Gasteiger partial charge on any atom is -0.393 e. The molecule has 1 fully saturated rings. The van der Waals surface area contributed by atoms with Gasteiger partial charge >= 0.3 is 0 Å². The van der Waals surface area contributed by atoms with Gasteiger partial charge in [0.05, 0.1) is 11.5 Å². The smallest absolute Gasteiger partial charge is 0.225 e. The molecular weight excluding hydrogens is 272 g/mol. The first-order valence-corrected chi connectivity index (χ1v) is 7.99. The summed E-state index contributed by atoms with van der Waals surface area (Å²) in [5.74, 6) is 2.19. The predicted molar refractivity (Wildman–Crippen MR) is 83.4 cm³/mol. The minimum absolute atomic E-state index is 0.0928. The lowest BCUT2D eigenvalue weighted by atomic mass is 9.87. The van der Waals surface area contributed by atoms with Crippen molar-refractivity contribution in [1.82, 2.24) is 9.97 Å². The molecule has 1 saturated carbocycles. The molecule has 0 aliphatic heterocycles. The molecule has 2 aromatic heterocycles. The normalized spacial score (nSPS) is 22.9. The minimum atomic E-state index is -0.0928. The second-order valence-electron chi connectivity index (χ2n) is 5.34. The van der Waals surface area contributed by atoms with Crippen LogP contribution in [0.5, 0.6) is 0 Å². The van der Waals surface area contributed by atoms with Gasteiger partial charge in [0.15, 0.2) is 0 Å². The zero-order chi connectivity index (χ0) is 13.9. The van der Waals surface area contributed by atoms with Crippen molar-refractivity contribution >= 4 is 33.3 Å². The Labute approximate surface area is 122 Å². The van der Waals surface area contributed by atoms with Gasteiger partial charge < -0.3 is 15.7 Å². The Balaban J connectivity index is 1.71. The summed E-state index contributed by atoms with van der Waals surface area (Å²) in [6.45, 7) is 0.915. The highest BCUT2D eigenvalue weighted by Gasteiger charge is 2.19. The maximum absolute atomic E-state index is 9.55. The van der Waals surface area contributed by atoms with Gasteiger partial charge in [-0.15, -0.1) is 11.3 Å².